The quantitative estimate of drug-likeness (QED) is 0.198. The second-order valence-electron chi connectivity index (χ2n) is 9.09. The van der Waals surface area contributed by atoms with Gasteiger partial charge in [-0.3, -0.25) is 9.59 Å². The highest BCUT2D eigenvalue weighted by molar-refractivity contribution is 5.96. The number of nitrogens with zero attached hydrogens (tertiary/aromatic N) is 2. The third kappa shape index (κ3) is 6.01. The molecule has 5 aromatic rings. The highest BCUT2D eigenvalue weighted by Crippen LogP contribution is 2.20. The number of aromatic nitrogens is 2. The van der Waals surface area contributed by atoms with E-state index in [2.05, 4.69) is 29.6 Å². The highest BCUT2D eigenvalue weighted by Gasteiger charge is 2.15. The Kier molecular flexibility index (Phi) is 7.51. The Morgan fingerprint density at radius 2 is 1.38 bits per heavy atom. The molecule has 0 saturated carbocycles. The van der Waals surface area contributed by atoms with E-state index in [4.69, 9.17) is 4.98 Å². The van der Waals surface area contributed by atoms with Crippen LogP contribution in [0.1, 0.15) is 28.2 Å². The van der Waals surface area contributed by atoms with Crippen LogP contribution in [0.4, 0.5) is 0 Å². The summed E-state index contributed by atoms with van der Waals surface area (Å²) in [5.41, 5.74) is 5.80. The number of benzene rings is 4. The Bertz CT molecular complexity index is 1490. The molecule has 5 nitrogen and oxygen atoms in total. The molecule has 1 heterocycles. The lowest BCUT2D eigenvalue weighted by atomic mass is 10.0. The Hall–Kier alpha value is -4.51. The smallest absolute Gasteiger partial charge is 0.224 e. The van der Waals surface area contributed by atoms with Gasteiger partial charge in [0.05, 0.1) is 24.0 Å². The summed E-state index contributed by atoms with van der Waals surface area (Å²) in [6, 6.07) is 35.5. The number of hydrogen-bond donors (Lipinski definition) is 1. The maximum atomic E-state index is 12.9. The molecule has 0 bridgehead atoms. The summed E-state index contributed by atoms with van der Waals surface area (Å²) < 4.78 is 2.00. The molecule has 0 radical (unpaired) electrons. The zero-order valence-electron chi connectivity index (χ0n) is 20.6. The van der Waals surface area contributed by atoms with Gasteiger partial charge in [-0.05, 0) is 35.2 Å². The summed E-state index contributed by atoms with van der Waals surface area (Å²) in [6.45, 7) is 0.794. The fourth-order valence-corrected chi connectivity index (χ4v) is 4.52. The molecule has 37 heavy (non-hydrogen) atoms. The van der Waals surface area contributed by atoms with Crippen LogP contribution in [-0.4, -0.2) is 27.8 Å². The summed E-state index contributed by atoms with van der Waals surface area (Å²) >= 11 is 0. The molecule has 0 aliphatic carbocycles. The van der Waals surface area contributed by atoms with Crippen molar-refractivity contribution < 1.29 is 9.59 Å². The van der Waals surface area contributed by atoms with Crippen molar-refractivity contribution in [3.8, 4) is 11.1 Å². The summed E-state index contributed by atoms with van der Waals surface area (Å²) in [7, 11) is 0. The second kappa shape index (κ2) is 11.5. The van der Waals surface area contributed by atoms with Gasteiger partial charge in [-0.15, -0.1) is 0 Å². The minimum atomic E-state index is 0.000203. The topological polar surface area (TPSA) is 64.0 Å². The molecule has 0 saturated heterocycles. The first-order valence-electron chi connectivity index (χ1n) is 12.6. The van der Waals surface area contributed by atoms with Gasteiger partial charge in [-0.1, -0.05) is 97.1 Å². The lowest BCUT2D eigenvalue weighted by Gasteiger charge is -2.10. The number of hydrogen-bond acceptors (Lipinski definition) is 3. The van der Waals surface area contributed by atoms with E-state index in [1.54, 1.807) is 0 Å². The zero-order valence-corrected chi connectivity index (χ0v) is 20.6. The normalized spacial score (nSPS) is 10.9. The zero-order chi connectivity index (χ0) is 25.5. The van der Waals surface area contributed by atoms with E-state index in [0.29, 0.717) is 24.9 Å². The minimum Gasteiger partial charge on any atom is -0.356 e. The van der Waals surface area contributed by atoms with Gasteiger partial charge in [0, 0.05) is 18.5 Å². The molecule has 1 aromatic heterocycles. The van der Waals surface area contributed by atoms with Crippen molar-refractivity contribution in [3.05, 3.63) is 126 Å². The van der Waals surface area contributed by atoms with E-state index in [-0.39, 0.29) is 18.2 Å². The van der Waals surface area contributed by atoms with Crippen LogP contribution < -0.4 is 5.32 Å². The number of carbonyl (C=O) groups excluding carboxylic acids is 2. The fourth-order valence-electron chi connectivity index (χ4n) is 4.52. The third-order valence-electron chi connectivity index (χ3n) is 6.46. The van der Waals surface area contributed by atoms with E-state index in [1.165, 1.54) is 0 Å². The van der Waals surface area contributed by atoms with E-state index in [0.717, 1.165) is 40.0 Å². The van der Waals surface area contributed by atoms with Crippen molar-refractivity contribution in [2.75, 3.05) is 6.54 Å². The van der Waals surface area contributed by atoms with E-state index < -0.39 is 0 Å². The van der Waals surface area contributed by atoms with Gasteiger partial charge in [0.1, 0.15) is 5.82 Å². The Morgan fingerprint density at radius 3 is 2.14 bits per heavy atom. The molecular weight excluding hydrogens is 458 g/mol. The van der Waals surface area contributed by atoms with Gasteiger partial charge >= 0.3 is 0 Å². The predicted molar refractivity (Wildman–Crippen MR) is 147 cm³/mol. The van der Waals surface area contributed by atoms with Crippen LogP contribution in [-0.2, 0) is 24.2 Å². The average Bonchev–Trinajstić information content (AvgIpc) is 3.29. The Labute approximate surface area is 216 Å². The molecule has 1 amide bonds. The number of amides is 1. The van der Waals surface area contributed by atoms with Crippen LogP contribution in [0.3, 0.4) is 0 Å². The molecular formula is C32H29N3O2. The average molecular weight is 488 g/mol. The van der Waals surface area contributed by atoms with E-state index in [9.17, 15) is 9.59 Å². The van der Waals surface area contributed by atoms with Crippen molar-refractivity contribution >= 4 is 22.7 Å². The Morgan fingerprint density at radius 1 is 0.730 bits per heavy atom. The summed E-state index contributed by atoms with van der Waals surface area (Å²) in [5, 5.41) is 3.02. The van der Waals surface area contributed by atoms with Crippen molar-refractivity contribution in [1.82, 2.24) is 14.9 Å². The highest BCUT2D eigenvalue weighted by atomic mass is 16.1. The van der Waals surface area contributed by atoms with Gasteiger partial charge in [0.2, 0.25) is 5.91 Å². The largest absolute Gasteiger partial charge is 0.356 e. The number of nitrogens with one attached hydrogen (secondary N) is 1. The molecule has 0 aliphatic heterocycles. The monoisotopic (exact) mass is 487 g/mol. The van der Waals surface area contributed by atoms with Crippen LogP contribution in [0, 0.1) is 0 Å². The molecule has 184 valence electrons. The lowest BCUT2D eigenvalue weighted by Crippen LogP contribution is -2.26. The van der Waals surface area contributed by atoms with E-state index >= 15 is 0 Å². The molecule has 5 heteroatoms. The van der Waals surface area contributed by atoms with Crippen molar-refractivity contribution in [3.63, 3.8) is 0 Å². The maximum absolute atomic E-state index is 12.9. The number of aryl methyl sites for hydroxylation is 1. The molecule has 5 rings (SSSR count). The Balaban J connectivity index is 1.16. The first-order chi connectivity index (χ1) is 18.2. The molecule has 0 aliphatic rings. The number of ketones is 1. The number of para-hydroxylation sites is 2. The number of fused-ring (bicyclic) bond motifs is 1. The lowest BCUT2D eigenvalue weighted by molar-refractivity contribution is -0.120. The molecule has 1 N–H and O–H groups in total. The van der Waals surface area contributed by atoms with Crippen LogP contribution in [0.25, 0.3) is 22.2 Å². The number of rotatable bonds is 10. The SMILES string of the molecule is O=C(Cc1ccc(-c2ccccc2)cc1)NCCCc1nc2ccccc2n1CC(=O)c1ccccc1. The first-order valence-corrected chi connectivity index (χ1v) is 12.6. The second-order valence-corrected chi connectivity index (χ2v) is 9.09. The van der Waals surface area contributed by atoms with Gasteiger partial charge in [0.25, 0.3) is 0 Å². The van der Waals surface area contributed by atoms with Crippen LogP contribution in [0.5, 0.6) is 0 Å². The first kappa shape index (κ1) is 24.2. The van der Waals surface area contributed by atoms with Crippen LogP contribution >= 0.6 is 0 Å². The van der Waals surface area contributed by atoms with Gasteiger partial charge in [-0.2, -0.15) is 0 Å². The number of Topliss-reactive ketones (excluding diaryl/α,β-unsaturated/α-hetero) is 1. The molecule has 4 aromatic carbocycles. The van der Waals surface area contributed by atoms with Crippen LogP contribution in [0.15, 0.2) is 109 Å². The minimum absolute atomic E-state index is 0.000203. The summed E-state index contributed by atoms with van der Waals surface area (Å²) in [4.78, 5) is 30.2. The van der Waals surface area contributed by atoms with E-state index in [1.807, 2.05) is 89.5 Å². The van der Waals surface area contributed by atoms with Crippen molar-refractivity contribution in [1.29, 1.82) is 0 Å². The number of imidazole rings is 1. The van der Waals surface area contributed by atoms with Crippen molar-refractivity contribution in [2.24, 2.45) is 0 Å². The van der Waals surface area contributed by atoms with Crippen molar-refractivity contribution in [2.45, 2.75) is 25.8 Å². The summed E-state index contributed by atoms with van der Waals surface area (Å²) in [5.74, 6) is 0.910. The fraction of sp³-hybridized carbons (Fsp3) is 0.156. The molecule has 0 unspecified atom stereocenters. The third-order valence-corrected chi connectivity index (χ3v) is 6.46. The maximum Gasteiger partial charge on any atom is 0.224 e. The van der Waals surface area contributed by atoms with Gasteiger partial charge in [0.15, 0.2) is 5.78 Å². The number of carbonyl (C=O) groups is 2. The van der Waals surface area contributed by atoms with Gasteiger partial charge in [-0.25, -0.2) is 4.98 Å². The standard InChI is InChI=1S/C32H29N3O2/c36-30(27-12-5-2-6-13-27)23-35-29-15-8-7-14-28(29)34-31(35)16-9-21-33-32(37)22-24-17-19-26(20-18-24)25-10-3-1-4-11-25/h1-8,10-15,17-20H,9,16,21-23H2,(H,33,37). The molecule has 0 atom stereocenters. The predicted octanol–water partition coefficient (Wildman–Crippen LogP) is 5.88. The van der Waals surface area contributed by atoms with Gasteiger partial charge < -0.3 is 9.88 Å². The molecule has 0 spiro atoms. The molecule has 0 fully saturated rings. The van der Waals surface area contributed by atoms with Crippen LogP contribution in [0.2, 0.25) is 0 Å². The summed E-state index contributed by atoms with van der Waals surface area (Å²) in [6.07, 6.45) is 1.75.